The van der Waals surface area contributed by atoms with Crippen molar-refractivity contribution >= 4 is 0 Å². The van der Waals surface area contributed by atoms with Crippen LogP contribution in [0.2, 0.25) is 0 Å². The first-order valence-corrected chi connectivity index (χ1v) is 7.00. The highest BCUT2D eigenvalue weighted by Gasteiger charge is 2.36. The average Bonchev–Trinajstić information content (AvgIpc) is 3.28. The molecule has 1 aromatic heterocycles. The van der Waals surface area contributed by atoms with Gasteiger partial charge in [0.25, 0.3) is 0 Å². The van der Waals surface area contributed by atoms with Crippen LogP contribution in [0.15, 0.2) is 6.20 Å². The SMILES string of the molecule is CCOC(c1ncc(CN)c(C2CC2)n1)C1CC1. The first-order chi connectivity index (χ1) is 8.83. The van der Waals surface area contributed by atoms with Gasteiger partial charge in [0, 0.05) is 30.8 Å². The molecule has 2 aliphatic carbocycles. The van der Waals surface area contributed by atoms with Gasteiger partial charge in [0.2, 0.25) is 0 Å². The summed E-state index contributed by atoms with van der Waals surface area (Å²) in [5.41, 5.74) is 8.04. The summed E-state index contributed by atoms with van der Waals surface area (Å²) in [6.07, 6.45) is 6.97. The Labute approximate surface area is 108 Å². The maximum Gasteiger partial charge on any atom is 0.157 e. The summed E-state index contributed by atoms with van der Waals surface area (Å²) >= 11 is 0. The zero-order valence-electron chi connectivity index (χ0n) is 10.9. The molecule has 18 heavy (non-hydrogen) atoms. The highest BCUT2D eigenvalue weighted by atomic mass is 16.5. The summed E-state index contributed by atoms with van der Waals surface area (Å²) < 4.78 is 5.82. The Bertz CT molecular complexity index is 427. The summed E-state index contributed by atoms with van der Waals surface area (Å²) in [6.45, 7) is 3.29. The fraction of sp³-hybridized carbons (Fsp3) is 0.714. The Hall–Kier alpha value is -1.00. The Morgan fingerprint density at radius 3 is 2.72 bits per heavy atom. The van der Waals surface area contributed by atoms with Crippen molar-refractivity contribution in [3.8, 4) is 0 Å². The molecule has 1 atom stereocenters. The Kier molecular flexibility index (Phi) is 3.31. The largest absolute Gasteiger partial charge is 0.370 e. The molecule has 2 aliphatic rings. The molecule has 1 heterocycles. The lowest BCUT2D eigenvalue weighted by atomic mass is 10.1. The van der Waals surface area contributed by atoms with Crippen LogP contribution in [0.3, 0.4) is 0 Å². The number of hydrogen-bond donors (Lipinski definition) is 1. The Morgan fingerprint density at radius 2 is 2.17 bits per heavy atom. The highest BCUT2D eigenvalue weighted by Crippen LogP contribution is 2.44. The van der Waals surface area contributed by atoms with Crippen LogP contribution in [0.4, 0.5) is 0 Å². The molecule has 1 unspecified atom stereocenters. The fourth-order valence-electron chi connectivity index (χ4n) is 2.44. The van der Waals surface area contributed by atoms with E-state index in [0.717, 1.165) is 18.0 Å². The second-order valence-corrected chi connectivity index (χ2v) is 5.33. The molecular formula is C14H21N3O. The van der Waals surface area contributed by atoms with E-state index in [9.17, 15) is 0 Å². The van der Waals surface area contributed by atoms with Crippen molar-refractivity contribution in [2.24, 2.45) is 11.7 Å². The van der Waals surface area contributed by atoms with Gasteiger partial charge in [-0.15, -0.1) is 0 Å². The molecule has 2 N–H and O–H groups in total. The van der Waals surface area contributed by atoms with Gasteiger partial charge in [0.1, 0.15) is 6.10 Å². The van der Waals surface area contributed by atoms with E-state index in [1.165, 1.54) is 31.4 Å². The van der Waals surface area contributed by atoms with Crippen LogP contribution in [0.5, 0.6) is 0 Å². The molecule has 0 radical (unpaired) electrons. The van der Waals surface area contributed by atoms with Crippen LogP contribution in [0.1, 0.15) is 61.7 Å². The van der Waals surface area contributed by atoms with Crippen LogP contribution in [0.25, 0.3) is 0 Å². The summed E-state index contributed by atoms with van der Waals surface area (Å²) in [4.78, 5) is 9.25. The molecule has 0 bridgehead atoms. The van der Waals surface area contributed by atoms with Gasteiger partial charge >= 0.3 is 0 Å². The molecule has 0 aromatic carbocycles. The summed E-state index contributed by atoms with van der Waals surface area (Å²) in [5.74, 6) is 2.12. The van der Waals surface area contributed by atoms with E-state index >= 15 is 0 Å². The minimum absolute atomic E-state index is 0.0966. The quantitative estimate of drug-likeness (QED) is 0.838. The number of rotatable bonds is 6. The number of nitrogens with zero attached hydrogens (tertiary/aromatic N) is 2. The summed E-state index contributed by atoms with van der Waals surface area (Å²) in [5, 5.41) is 0. The second kappa shape index (κ2) is 4.94. The zero-order valence-corrected chi connectivity index (χ0v) is 10.9. The van der Waals surface area contributed by atoms with Gasteiger partial charge in [-0.2, -0.15) is 0 Å². The standard InChI is InChI=1S/C14H21N3O/c1-2-18-13(10-5-6-10)14-16-8-11(7-15)12(17-14)9-3-4-9/h8-10,13H,2-7,15H2,1H3. The van der Waals surface area contributed by atoms with Crippen molar-refractivity contribution in [3.63, 3.8) is 0 Å². The van der Waals surface area contributed by atoms with Crippen LogP contribution < -0.4 is 5.73 Å². The van der Waals surface area contributed by atoms with Crippen molar-refractivity contribution in [3.05, 3.63) is 23.3 Å². The number of ether oxygens (including phenoxy) is 1. The predicted octanol–water partition coefficient (Wildman–Crippen LogP) is 2.30. The fourth-order valence-corrected chi connectivity index (χ4v) is 2.44. The molecule has 0 amide bonds. The summed E-state index contributed by atoms with van der Waals surface area (Å²) in [7, 11) is 0. The third-order valence-corrected chi connectivity index (χ3v) is 3.75. The molecule has 3 rings (SSSR count). The predicted molar refractivity (Wildman–Crippen MR) is 69.0 cm³/mol. The number of hydrogen-bond acceptors (Lipinski definition) is 4. The average molecular weight is 247 g/mol. The van der Waals surface area contributed by atoms with Gasteiger partial charge in [-0.25, -0.2) is 9.97 Å². The van der Waals surface area contributed by atoms with Gasteiger partial charge in [-0.3, -0.25) is 0 Å². The highest BCUT2D eigenvalue weighted by molar-refractivity contribution is 5.25. The van der Waals surface area contributed by atoms with Gasteiger partial charge in [0.05, 0.1) is 5.69 Å². The van der Waals surface area contributed by atoms with Crippen LogP contribution in [-0.2, 0) is 11.3 Å². The lowest BCUT2D eigenvalue weighted by molar-refractivity contribution is 0.0398. The number of aromatic nitrogens is 2. The van der Waals surface area contributed by atoms with Gasteiger partial charge in [-0.05, 0) is 38.5 Å². The van der Waals surface area contributed by atoms with E-state index in [-0.39, 0.29) is 6.10 Å². The molecule has 0 spiro atoms. The molecule has 2 saturated carbocycles. The minimum Gasteiger partial charge on any atom is -0.370 e. The molecule has 4 nitrogen and oxygen atoms in total. The van der Waals surface area contributed by atoms with E-state index in [4.69, 9.17) is 15.5 Å². The normalized spacial score (nSPS) is 21.0. The maximum absolute atomic E-state index is 5.82. The van der Waals surface area contributed by atoms with Crippen molar-refractivity contribution in [2.45, 2.75) is 51.2 Å². The van der Waals surface area contributed by atoms with Crippen molar-refractivity contribution < 1.29 is 4.74 Å². The molecule has 1 aromatic rings. The lowest BCUT2D eigenvalue weighted by Crippen LogP contribution is -2.14. The van der Waals surface area contributed by atoms with Crippen molar-refractivity contribution in [1.82, 2.24) is 9.97 Å². The van der Waals surface area contributed by atoms with E-state index in [0.29, 0.717) is 18.4 Å². The maximum atomic E-state index is 5.82. The van der Waals surface area contributed by atoms with Gasteiger partial charge < -0.3 is 10.5 Å². The van der Waals surface area contributed by atoms with E-state index in [1.807, 2.05) is 13.1 Å². The third kappa shape index (κ3) is 2.40. The second-order valence-electron chi connectivity index (χ2n) is 5.33. The van der Waals surface area contributed by atoms with Crippen LogP contribution in [0, 0.1) is 5.92 Å². The van der Waals surface area contributed by atoms with Crippen LogP contribution >= 0.6 is 0 Å². The minimum atomic E-state index is 0.0966. The first-order valence-electron chi connectivity index (χ1n) is 7.00. The molecular weight excluding hydrogens is 226 g/mol. The Morgan fingerprint density at radius 1 is 1.39 bits per heavy atom. The Balaban J connectivity index is 1.88. The van der Waals surface area contributed by atoms with E-state index in [1.54, 1.807) is 0 Å². The van der Waals surface area contributed by atoms with Crippen LogP contribution in [-0.4, -0.2) is 16.6 Å². The molecule has 2 fully saturated rings. The number of nitrogens with two attached hydrogens (primary N) is 1. The first kappa shape index (κ1) is 12.1. The van der Waals surface area contributed by atoms with Gasteiger partial charge in [0.15, 0.2) is 5.82 Å². The van der Waals surface area contributed by atoms with E-state index in [2.05, 4.69) is 4.98 Å². The smallest absolute Gasteiger partial charge is 0.157 e. The van der Waals surface area contributed by atoms with Crippen molar-refractivity contribution in [2.75, 3.05) is 6.61 Å². The van der Waals surface area contributed by atoms with Crippen molar-refractivity contribution in [1.29, 1.82) is 0 Å². The molecule has 4 heteroatoms. The van der Waals surface area contributed by atoms with Gasteiger partial charge in [-0.1, -0.05) is 0 Å². The topological polar surface area (TPSA) is 61.0 Å². The molecule has 98 valence electrons. The third-order valence-electron chi connectivity index (χ3n) is 3.75. The molecule has 0 saturated heterocycles. The zero-order chi connectivity index (χ0) is 12.5. The monoisotopic (exact) mass is 247 g/mol. The lowest BCUT2D eigenvalue weighted by Gasteiger charge is -2.16. The van der Waals surface area contributed by atoms with E-state index < -0.39 is 0 Å². The summed E-state index contributed by atoms with van der Waals surface area (Å²) in [6, 6.07) is 0. The molecule has 0 aliphatic heterocycles.